The minimum Gasteiger partial charge on any atom is -0.379 e. The number of nitrogens with zero attached hydrogens (tertiary/aromatic N) is 2. The van der Waals surface area contributed by atoms with Gasteiger partial charge in [-0.05, 0) is 26.2 Å². The van der Waals surface area contributed by atoms with Crippen molar-refractivity contribution >= 4 is 17.4 Å². The van der Waals surface area contributed by atoms with Gasteiger partial charge in [0.1, 0.15) is 16.8 Å². The Balaban J connectivity index is 1.86. The van der Waals surface area contributed by atoms with Crippen LogP contribution in [0.5, 0.6) is 0 Å². The Morgan fingerprint density at radius 3 is 2.89 bits per heavy atom. The molecule has 19 heavy (non-hydrogen) atoms. The maximum absolute atomic E-state index is 6.14. The molecule has 1 heterocycles. The first kappa shape index (κ1) is 14.3. The molecule has 1 fully saturated rings. The van der Waals surface area contributed by atoms with E-state index in [-0.39, 0.29) is 0 Å². The first-order valence-electron chi connectivity index (χ1n) is 6.69. The van der Waals surface area contributed by atoms with Crippen LogP contribution in [-0.4, -0.2) is 29.7 Å². The van der Waals surface area contributed by atoms with Gasteiger partial charge in [-0.25, -0.2) is 9.97 Å². The highest BCUT2D eigenvalue weighted by Gasteiger charge is 2.27. The third-order valence-corrected chi connectivity index (χ3v) is 3.42. The molecular weight excluding hydrogens is 262 g/mol. The summed E-state index contributed by atoms with van der Waals surface area (Å²) in [6, 6.07) is 0. The fourth-order valence-electron chi connectivity index (χ4n) is 1.71. The SMILES string of the molecule is C=CCCOCCNc1nc(C2CC2)nc(Cl)c1C. The normalized spacial score (nSPS) is 14.4. The topological polar surface area (TPSA) is 47.0 Å². The van der Waals surface area contributed by atoms with Crippen LogP contribution in [0.15, 0.2) is 12.7 Å². The fraction of sp³-hybridized carbons (Fsp3) is 0.571. The highest BCUT2D eigenvalue weighted by atomic mass is 35.5. The van der Waals surface area contributed by atoms with Crippen molar-refractivity contribution in [3.05, 3.63) is 29.2 Å². The van der Waals surface area contributed by atoms with Gasteiger partial charge in [0.15, 0.2) is 0 Å². The standard InChI is InChI=1S/C14H20ClN3O/c1-3-4-8-19-9-7-16-13-10(2)12(15)17-14(18-13)11-5-6-11/h3,11H,1,4-9H2,2H3,(H,16,17,18). The average molecular weight is 282 g/mol. The number of anilines is 1. The quantitative estimate of drug-likeness (QED) is 0.451. The summed E-state index contributed by atoms with van der Waals surface area (Å²) in [5, 5.41) is 3.82. The van der Waals surface area contributed by atoms with Gasteiger partial charge in [0.05, 0.1) is 13.2 Å². The van der Waals surface area contributed by atoms with Crippen molar-refractivity contribution in [2.75, 3.05) is 25.1 Å². The minimum atomic E-state index is 0.502. The number of hydrogen-bond acceptors (Lipinski definition) is 4. The van der Waals surface area contributed by atoms with Gasteiger partial charge < -0.3 is 10.1 Å². The minimum absolute atomic E-state index is 0.502. The van der Waals surface area contributed by atoms with E-state index in [1.807, 2.05) is 13.0 Å². The average Bonchev–Trinajstić information content (AvgIpc) is 3.22. The van der Waals surface area contributed by atoms with E-state index in [1.54, 1.807) is 0 Å². The number of hydrogen-bond donors (Lipinski definition) is 1. The molecule has 1 aliphatic carbocycles. The Hall–Kier alpha value is -1.13. The van der Waals surface area contributed by atoms with Crippen LogP contribution < -0.4 is 5.32 Å². The molecule has 1 N–H and O–H groups in total. The van der Waals surface area contributed by atoms with Crippen LogP contribution in [0.2, 0.25) is 5.15 Å². The molecule has 4 nitrogen and oxygen atoms in total. The third-order valence-electron chi connectivity index (χ3n) is 3.05. The first-order valence-corrected chi connectivity index (χ1v) is 7.06. The lowest BCUT2D eigenvalue weighted by atomic mass is 10.3. The van der Waals surface area contributed by atoms with Gasteiger partial charge in [-0.15, -0.1) is 6.58 Å². The summed E-state index contributed by atoms with van der Waals surface area (Å²) in [5.41, 5.74) is 0.900. The van der Waals surface area contributed by atoms with Gasteiger partial charge in [-0.1, -0.05) is 17.7 Å². The van der Waals surface area contributed by atoms with Gasteiger partial charge in [0, 0.05) is 18.0 Å². The van der Waals surface area contributed by atoms with Crippen molar-refractivity contribution < 1.29 is 4.74 Å². The van der Waals surface area contributed by atoms with Gasteiger partial charge in [-0.2, -0.15) is 0 Å². The Morgan fingerprint density at radius 2 is 2.21 bits per heavy atom. The molecule has 0 aliphatic heterocycles. The lowest BCUT2D eigenvalue weighted by molar-refractivity contribution is 0.149. The van der Waals surface area contributed by atoms with Crippen molar-refractivity contribution in [3.8, 4) is 0 Å². The predicted molar refractivity (Wildman–Crippen MR) is 77.9 cm³/mol. The van der Waals surface area contributed by atoms with E-state index in [0.717, 1.165) is 30.2 Å². The zero-order valence-corrected chi connectivity index (χ0v) is 12.0. The Labute approximate surface area is 119 Å². The monoisotopic (exact) mass is 281 g/mol. The Morgan fingerprint density at radius 1 is 1.42 bits per heavy atom. The van der Waals surface area contributed by atoms with Gasteiger partial charge in [0.25, 0.3) is 0 Å². The highest BCUT2D eigenvalue weighted by Crippen LogP contribution is 2.39. The third kappa shape index (κ3) is 4.18. The summed E-state index contributed by atoms with van der Waals surface area (Å²) in [5.74, 6) is 2.20. The second kappa shape index (κ2) is 6.87. The summed E-state index contributed by atoms with van der Waals surface area (Å²) in [6.45, 7) is 7.66. The van der Waals surface area contributed by atoms with Crippen molar-refractivity contribution in [1.29, 1.82) is 0 Å². The van der Waals surface area contributed by atoms with E-state index < -0.39 is 0 Å². The molecule has 0 unspecified atom stereocenters. The van der Waals surface area contributed by atoms with Crippen molar-refractivity contribution in [3.63, 3.8) is 0 Å². The van der Waals surface area contributed by atoms with Crippen LogP contribution >= 0.6 is 11.6 Å². The van der Waals surface area contributed by atoms with Crippen LogP contribution in [-0.2, 0) is 4.74 Å². The second-order valence-electron chi connectivity index (χ2n) is 4.74. The molecule has 1 saturated carbocycles. The molecule has 2 rings (SSSR count). The molecule has 1 aliphatic rings. The van der Waals surface area contributed by atoms with Crippen LogP contribution in [0.3, 0.4) is 0 Å². The van der Waals surface area contributed by atoms with Crippen LogP contribution in [0.4, 0.5) is 5.82 Å². The maximum atomic E-state index is 6.14. The van der Waals surface area contributed by atoms with Gasteiger partial charge >= 0.3 is 0 Å². The molecule has 0 radical (unpaired) electrons. The number of rotatable bonds is 8. The van der Waals surface area contributed by atoms with E-state index in [4.69, 9.17) is 16.3 Å². The number of nitrogens with one attached hydrogen (secondary N) is 1. The van der Waals surface area contributed by atoms with Crippen molar-refractivity contribution in [1.82, 2.24) is 9.97 Å². The molecule has 1 aromatic rings. The lowest BCUT2D eigenvalue weighted by Gasteiger charge is -2.11. The van der Waals surface area contributed by atoms with Crippen molar-refractivity contribution in [2.24, 2.45) is 0 Å². The van der Waals surface area contributed by atoms with E-state index in [1.165, 1.54) is 12.8 Å². The number of halogens is 1. The molecule has 0 bridgehead atoms. The summed E-state index contributed by atoms with van der Waals surface area (Å²) in [7, 11) is 0. The van der Waals surface area contributed by atoms with Crippen LogP contribution in [0.1, 0.15) is 36.6 Å². The first-order chi connectivity index (χ1) is 9.22. The lowest BCUT2D eigenvalue weighted by Crippen LogP contribution is -2.13. The van der Waals surface area contributed by atoms with E-state index in [0.29, 0.717) is 24.3 Å². The smallest absolute Gasteiger partial charge is 0.137 e. The largest absolute Gasteiger partial charge is 0.379 e. The zero-order valence-electron chi connectivity index (χ0n) is 11.3. The second-order valence-corrected chi connectivity index (χ2v) is 5.10. The van der Waals surface area contributed by atoms with E-state index in [9.17, 15) is 0 Å². The fourth-order valence-corrected chi connectivity index (χ4v) is 1.89. The molecule has 1 aromatic heterocycles. The highest BCUT2D eigenvalue weighted by molar-refractivity contribution is 6.30. The molecule has 104 valence electrons. The Bertz CT molecular complexity index is 447. The number of ether oxygens (including phenoxy) is 1. The molecule has 0 aromatic carbocycles. The van der Waals surface area contributed by atoms with E-state index >= 15 is 0 Å². The maximum Gasteiger partial charge on any atom is 0.137 e. The molecular formula is C14H20ClN3O. The molecule has 5 heteroatoms. The number of aromatic nitrogens is 2. The summed E-state index contributed by atoms with van der Waals surface area (Å²) in [6.07, 6.45) is 5.07. The molecule has 0 atom stereocenters. The zero-order chi connectivity index (χ0) is 13.7. The predicted octanol–water partition coefficient (Wildman–Crippen LogP) is 3.32. The van der Waals surface area contributed by atoms with Gasteiger partial charge in [0.2, 0.25) is 0 Å². The summed E-state index contributed by atoms with van der Waals surface area (Å²) >= 11 is 6.14. The van der Waals surface area contributed by atoms with Crippen molar-refractivity contribution in [2.45, 2.75) is 32.1 Å². The van der Waals surface area contributed by atoms with E-state index in [2.05, 4.69) is 21.9 Å². The molecule has 0 saturated heterocycles. The molecule has 0 amide bonds. The molecule has 0 spiro atoms. The van der Waals surface area contributed by atoms with Crippen LogP contribution in [0, 0.1) is 6.92 Å². The summed E-state index contributed by atoms with van der Waals surface area (Å²) < 4.78 is 5.45. The van der Waals surface area contributed by atoms with Crippen LogP contribution in [0.25, 0.3) is 0 Å². The van der Waals surface area contributed by atoms with Gasteiger partial charge in [-0.3, -0.25) is 0 Å². The summed E-state index contributed by atoms with van der Waals surface area (Å²) in [4.78, 5) is 8.89. The Kier molecular flexibility index (Phi) is 5.16.